The van der Waals surface area contributed by atoms with Crippen molar-refractivity contribution in [2.45, 2.75) is 4.90 Å². The summed E-state index contributed by atoms with van der Waals surface area (Å²) in [5.41, 5.74) is 0.0548. The minimum Gasteiger partial charge on any atom is -0.465 e. The molecule has 0 radical (unpaired) electrons. The van der Waals surface area contributed by atoms with Crippen LogP contribution in [0.25, 0.3) is 6.08 Å². The molecule has 1 heterocycles. The minimum atomic E-state index is -0.828. The van der Waals surface area contributed by atoms with Gasteiger partial charge in [0.15, 0.2) is 0 Å². The third kappa shape index (κ3) is 5.83. The van der Waals surface area contributed by atoms with Gasteiger partial charge in [-0.05, 0) is 47.9 Å². The molecule has 0 bridgehead atoms. The molecule has 0 aliphatic carbocycles. The van der Waals surface area contributed by atoms with Gasteiger partial charge in [0.2, 0.25) is 0 Å². The summed E-state index contributed by atoms with van der Waals surface area (Å²) < 4.78 is 4.56. The number of imide groups is 1. The molecule has 0 spiro atoms. The average molecular weight is 502 g/mol. The predicted octanol–water partition coefficient (Wildman–Crippen LogP) is 3.57. The molecule has 0 aromatic heterocycles. The molecule has 3 amide bonds. The Hall–Kier alpha value is -3.64. The van der Waals surface area contributed by atoms with E-state index >= 15 is 0 Å². The molecule has 176 valence electrons. The van der Waals surface area contributed by atoms with Crippen molar-refractivity contribution in [1.29, 1.82) is 0 Å². The monoisotopic (exact) mass is 501 g/mol. The van der Waals surface area contributed by atoms with Crippen molar-refractivity contribution in [2.24, 2.45) is 0 Å². The van der Waals surface area contributed by atoms with E-state index in [-0.39, 0.29) is 29.1 Å². The van der Waals surface area contributed by atoms with Gasteiger partial charge >= 0.3 is 5.97 Å². The van der Waals surface area contributed by atoms with Crippen molar-refractivity contribution in [3.8, 4) is 0 Å². The third-order valence-corrected chi connectivity index (χ3v) is 6.37. The van der Waals surface area contributed by atoms with Crippen LogP contribution in [0.5, 0.6) is 0 Å². The van der Waals surface area contributed by atoms with Crippen molar-refractivity contribution in [2.75, 3.05) is 26.5 Å². The molecule has 10 nitrogen and oxygen atoms in total. The van der Waals surface area contributed by atoms with Crippen LogP contribution in [0, 0.1) is 10.1 Å². The second-order valence-corrected chi connectivity index (χ2v) is 8.75. The van der Waals surface area contributed by atoms with Gasteiger partial charge in [0.25, 0.3) is 22.7 Å². The number of hydrogen-bond donors (Lipinski definition) is 1. The first kappa shape index (κ1) is 25.0. The lowest BCUT2D eigenvalue weighted by Gasteiger charge is -2.13. The zero-order valence-electron chi connectivity index (χ0n) is 18.1. The lowest BCUT2D eigenvalue weighted by atomic mass is 10.1. The van der Waals surface area contributed by atoms with Crippen molar-refractivity contribution in [3.63, 3.8) is 0 Å². The normalized spacial score (nSPS) is 14.4. The van der Waals surface area contributed by atoms with Crippen molar-refractivity contribution in [1.82, 2.24) is 10.2 Å². The van der Waals surface area contributed by atoms with Crippen LogP contribution in [-0.4, -0.2) is 59.3 Å². The number of benzene rings is 2. The third-order valence-electron chi connectivity index (χ3n) is 4.72. The number of nitrogens with zero attached hydrogens (tertiary/aromatic N) is 2. The maximum atomic E-state index is 12.6. The van der Waals surface area contributed by atoms with E-state index in [4.69, 9.17) is 0 Å². The quantitative estimate of drug-likeness (QED) is 0.189. The molecular formula is C22H19N3O7S2. The highest BCUT2D eigenvalue weighted by atomic mass is 32.2. The van der Waals surface area contributed by atoms with Gasteiger partial charge in [0, 0.05) is 35.7 Å². The first-order chi connectivity index (χ1) is 16.2. The summed E-state index contributed by atoms with van der Waals surface area (Å²) in [6.45, 7) is -0.166. The fourth-order valence-corrected chi connectivity index (χ4v) is 4.28. The van der Waals surface area contributed by atoms with E-state index < -0.39 is 33.6 Å². The Bertz CT molecular complexity index is 1200. The topological polar surface area (TPSA) is 136 Å². The summed E-state index contributed by atoms with van der Waals surface area (Å²) in [5, 5.41) is 13.2. The molecule has 1 fully saturated rings. The maximum absolute atomic E-state index is 12.6. The molecule has 2 aromatic rings. The molecule has 2 aromatic carbocycles. The molecule has 0 atom stereocenters. The highest BCUT2D eigenvalue weighted by Gasteiger charge is 2.34. The van der Waals surface area contributed by atoms with Crippen LogP contribution < -0.4 is 5.32 Å². The summed E-state index contributed by atoms with van der Waals surface area (Å²) >= 11 is 2.40. The number of rotatable bonds is 8. The van der Waals surface area contributed by atoms with E-state index in [1.165, 1.54) is 6.07 Å². The number of methoxy groups -OCH3 is 1. The van der Waals surface area contributed by atoms with E-state index in [1.807, 2.05) is 30.5 Å². The lowest BCUT2D eigenvalue weighted by molar-refractivity contribution is -0.384. The first-order valence-corrected chi connectivity index (χ1v) is 11.8. The highest BCUT2D eigenvalue weighted by molar-refractivity contribution is 8.18. The van der Waals surface area contributed by atoms with Crippen LogP contribution in [0.3, 0.4) is 0 Å². The number of nitro benzene ring substituents is 1. The van der Waals surface area contributed by atoms with Gasteiger partial charge in [-0.2, -0.15) is 0 Å². The van der Waals surface area contributed by atoms with Gasteiger partial charge in [-0.15, -0.1) is 11.8 Å². The zero-order chi connectivity index (χ0) is 24.8. The van der Waals surface area contributed by atoms with Crippen molar-refractivity contribution >= 4 is 58.3 Å². The van der Waals surface area contributed by atoms with Crippen LogP contribution in [0.2, 0.25) is 0 Å². The fourth-order valence-electron chi connectivity index (χ4n) is 3.01. The van der Waals surface area contributed by atoms with Gasteiger partial charge in [0.05, 0.1) is 22.5 Å². The van der Waals surface area contributed by atoms with Crippen LogP contribution in [-0.2, 0) is 9.53 Å². The zero-order valence-corrected chi connectivity index (χ0v) is 19.7. The molecule has 34 heavy (non-hydrogen) atoms. The number of amides is 3. The Balaban J connectivity index is 1.65. The van der Waals surface area contributed by atoms with E-state index in [2.05, 4.69) is 10.1 Å². The van der Waals surface area contributed by atoms with Crippen LogP contribution in [0.15, 0.2) is 52.3 Å². The number of nitro groups is 1. The number of non-ortho nitro benzene ring substituents is 1. The molecule has 3 rings (SSSR count). The SMILES string of the molecule is COC(=O)c1cc(C(=O)NCCN2C(=O)S/C(=C\c3ccc(SC)cc3)C2=O)cc([N+](=O)[O-])c1. The summed E-state index contributed by atoms with van der Waals surface area (Å²) in [5.74, 6) is -2.00. The lowest BCUT2D eigenvalue weighted by Crippen LogP contribution is -2.37. The van der Waals surface area contributed by atoms with E-state index in [1.54, 1.807) is 17.8 Å². The second-order valence-electron chi connectivity index (χ2n) is 6.88. The number of carbonyl (C=O) groups is 4. The molecule has 1 aliphatic heterocycles. The van der Waals surface area contributed by atoms with Crippen molar-refractivity contribution < 1.29 is 28.8 Å². The van der Waals surface area contributed by atoms with Gasteiger partial charge in [-0.25, -0.2) is 4.79 Å². The Labute approximate surface area is 202 Å². The largest absolute Gasteiger partial charge is 0.465 e. The average Bonchev–Trinajstić information content (AvgIpc) is 3.10. The maximum Gasteiger partial charge on any atom is 0.338 e. The standard InChI is InChI=1S/C22H19N3O7S2/c1-32-21(28)15-10-14(11-16(12-15)25(30)31)19(26)23-7-8-24-20(27)18(34-22(24)29)9-13-3-5-17(33-2)6-4-13/h3-6,9-12H,7-8H2,1-2H3,(H,23,26)/b18-9-. The second kappa shape index (κ2) is 11.0. The van der Waals surface area contributed by atoms with Gasteiger partial charge < -0.3 is 10.1 Å². The molecule has 0 saturated carbocycles. The van der Waals surface area contributed by atoms with Crippen LogP contribution in [0.1, 0.15) is 26.3 Å². The van der Waals surface area contributed by atoms with Crippen LogP contribution in [0.4, 0.5) is 10.5 Å². The summed E-state index contributed by atoms with van der Waals surface area (Å²) in [7, 11) is 1.12. The number of esters is 1. The Morgan fingerprint density at radius 3 is 2.47 bits per heavy atom. The van der Waals surface area contributed by atoms with Gasteiger partial charge in [-0.3, -0.25) is 29.4 Å². The number of nitrogens with one attached hydrogen (secondary N) is 1. The molecular weight excluding hydrogens is 482 g/mol. The molecule has 0 unspecified atom stereocenters. The summed E-state index contributed by atoms with van der Waals surface area (Å²) in [6.07, 6.45) is 3.58. The van der Waals surface area contributed by atoms with Crippen LogP contribution >= 0.6 is 23.5 Å². The number of carbonyl (C=O) groups excluding carboxylic acids is 4. The predicted molar refractivity (Wildman–Crippen MR) is 128 cm³/mol. The minimum absolute atomic E-state index is 0.0805. The number of ether oxygens (including phenoxy) is 1. The molecule has 1 N–H and O–H groups in total. The molecule has 1 aliphatic rings. The number of thioether (sulfide) groups is 2. The van der Waals surface area contributed by atoms with Gasteiger partial charge in [-0.1, -0.05) is 12.1 Å². The molecule has 1 saturated heterocycles. The van der Waals surface area contributed by atoms with E-state index in [0.717, 1.165) is 46.4 Å². The Morgan fingerprint density at radius 2 is 1.85 bits per heavy atom. The Kier molecular flexibility index (Phi) is 8.08. The smallest absolute Gasteiger partial charge is 0.338 e. The Morgan fingerprint density at radius 1 is 1.18 bits per heavy atom. The number of hydrogen-bond acceptors (Lipinski definition) is 9. The molecule has 12 heteroatoms. The fraction of sp³-hybridized carbons (Fsp3) is 0.182. The van der Waals surface area contributed by atoms with E-state index in [0.29, 0.717) is 0 Å². The summed E-state index contributed by atoms with van der Waals surface area (Å²) in [6, 6.07) is 10.7. The van der Waals surface area contributed by atoms with E-state index in [9.17, 15) is 29.3 Å². The summed E-state index contributed by atoms with van der Waals surface area (Å²) in [4.78, 5) is 61.9. The highest BCUT2D eigenvalue weighted by Crippen LogP contribution is 2.32. The first-order valence-electron chi connectivity index (χ1n) is 9.79. The van der Waals surface area contributed by atoms with Crippen molar-refractivity contribution in [3.05, 3.63) is 74.2 Å². The van der Waals surface area contributed by atoms with Gasteiger partial charge in [0.1, 0.15) is 0 Å².